The zero-order valence-corrected chi connectivity index (χ0v) is 17.1. The highest BCUT2D eigenvalue weighted by atomic mass is 35.5. The van der Waals surface area contributed by atoms with E-state index in [4.69, 9.17) is 0 Å². The number of halogens is 1. The average molecular weight is 392 g/mol. The monoisotopic (exact) mass is 391 g/mol. The second-order valence-electron chi connectivity index (χ2n) is 7.07. The molecule has 27 heavy (non-hydrogen) atoms. The number of carbonyl (C=O) groups excluding carboxylic acids is 1. The van der Waals surface area contributed by atoms with Crippen LogP contribution in [0.25, 0.3) is 0 Å². The van der Waals surface area contributed by atoms with Crippen molar-refractivity contribution in [3.63, 3.8) is 0 Å². The standard InChI is InChI=1S/C20H29N5O.ClH/c1-4-15(2)16-5-7-17(8-6-16)23-19(26)14-25-12-9-21-13-18(25)20-22-10-11-24(20)3;/h5-8,10-11,15,18,21H,4,9,12-14H2,1-3H3,(H,23,26);1H. The summed E-state index contributed by atoms with van der Waals surface area (Å²) >= 11 is 0. The highest BCUT2D eigenvalue weighted by molar-refractivity contribution is 5.92. The Kier molecular flexibility index (Phi) is 7.83. The lowest BCUT2D eigenvalue weighted by atomic mass is 9.99. The minimum absolute atomic E-state index is 0. The maximum absolute atomic E-state index is 12.6. The van der Waals surface area contributed by atoms with Crippen molar-refractivity contribution < 1.29 is 4.79 Å². The number of rotatable bonds is 6. The predicted octanol–water partition coefficient (Wildman–Crippen LogP) is 2.94. The lowest BCUT2D eigenvalue weighted by molar-refractivity contribution is -0.118. The van der Waals surface area contributed by atoms with Crippen LogP contribution in [-0.2, 0) is 11.8 Å². The minimum atomic E-state index is 0. The molecule has 1 fully saturated rings. The van der Waals surface area contributed by atoms with E-state index in [-0.39, 0.29) is 24.4 Å². The zero-order valence-electron chi connectivity index (χ0n) is 16.3. The third-order valence-electron chi connectivity index (χ3n) is 5.23. The molecule has 2 aromatic rings. The molecule has 2 unspecified atom stereocenters. The summed E-state index contributed by atoms with van der Waals surface area (Å²) in [4.78, 5) is 19.2. The van der Waals surface area contributed by atoms with Gasteiger partial charge in [0, 0.05) is 44.8 Å². The molecule has 1 aliphatic rings. The Morgan fingerprint density at radius 3 is 2.74 bits per heavy atom. The van der Waals surface area contributed by atoms with Crippen LogP contribution in [0.3, 0.4) is 0 Å². The summed E-state index contributed by atoms with van der Waals surface area (Å²) in [5, 5.41) is 6.42. The summed E-state index contributed by atoms with van der Waals surface area (Å²) in [6.07, 6.45) is 4.87. The molecule has 0 radical (unpaired) electrons. The Bertz CT molecular complexity index is 730. The van der Waals surface area contributed by atoms with Gasteiger partial charge in [-0.05, 0) is 30.0 Å². The Balaban J connectivity index is 0.00000261. The molecule has 1 amide bonds. The van der Waals surface area contributed by atoms with Gasteiger partial charge in [0.1, 0.15) is 5.82 Å². The quantitative estimate of drug-likeness (QED) is 0.794. The molecular weight excluding hydrogens is 362 g/mol. The second-order valence-corrected chi connectivity index (χ2v) is 7.07. The van der Waals surface area contributed by atoms with Gasteiger partial charge in [0.2, 0.25) is 5.91 Å². The summed E-state index contributed by atoms with van der Waals surface area (Å²) in [6, 6.07) is 8.31. The molecular formula is C20H30ClN5O. The molecule has 3 rings (SSSR count). The Morgan fingerprint density at radius 1 is 1.37 bits per heavy atom. The van der Waals surface area contributed by atoms with Gasteiger partial charge in [-0.25, -0.2) is 4.98 Å². The second kappa shape index (κ2) is 9.88. The zero-order chi connectivity index (χ0) is 18.5. The summed E-state index contributed by atoms with van der Waals surface area (Å²) in [6.45, 7) is 7.30. The van der Waals surface area contributed by atoms with E-state index in [1.165, 1.54) is 5.56 Å². The summed E-state index contributed by atoms with van der Waals surface area (Å²) < 4.78 is 2.02. The number of hydrogen-bond donors (Lipinski definition) is 2. The number of nitrogens with zero attached hydrogens (tertiary/aromatic N) is 3. The van der Waals surface area contributed by atoms with E-state index in [1.807, 2.05) is 29.9 Å². The summed E-state index contributed by atoms with van der Waals surface area (Å²) in [7, 11) is 1.99. The molecule has 2 atom stereocenters. The van der Waals surface area contributed by atoms with E-state index >= 15 is 0 Å². The SMILES string of the molecule is CCC(C)c1ccc(NC(=O)CN2CCNCC2c2nccn2C)cc1.Cl. The van der Waals surface area contributed by atoms with Crippen molar-refractivity contribution in [1.82, 2.24) is 19.8 Å². The minimum Gasteiger partial charge on any atom is -0.337 e. The Morgan fingerprint density at radius 2 is 2.11 bits per heavy atom. The molecule has 0 saturated carbocycles. The summed E-state index contributed by atoms with van der Waals surface area (Å²) in [5.41, 5.74) is 2.16. The van der Waals surface area contributed by atoms with Gasteiger partial charge in [0.15, 0.2) is 0 Å². The first-order valence-electron chi connectivity index (χ1n) is 9.40. The molecule has 0 spiro atoms. The topological polar surface area (TPSA) is 62.2 Å². The molecule has 148 valence electrons. The maximum atomic E-state index is 12.6. The number of amides is 1. The van der Waals surface area contributed by atoms with Crippen LogP contribution in [0.4, 0.5) is 5.69 Å². The smallest absolute Gasteiger partial charge is 0.238 e. The van der Waals surface area contributed by atoms with Crippen LogP contribution in [0.2, 0.25) is 0 Å². The van der Waals surface area contributed by atoms with Crippen LogP contribution >= 0.6 is 12.4 Å². The number of aromatic nitrogens is 2. The number of hydrogen-bond acceptors (Lipinski definition) is 4. The molecule has 2 N–H and O–H groups in total. The van der Waals surface area contributed by atoms with Crippen molar-refractivity contribution in [2.24, 2.45) is 7.05 Å². The fourth-order valence-corrected chi connectivity index (χ4v) is 3.40. The molecule has 2 heterocycles. The first kappa shape index (κ1) is 21.4. The largest absolute Gasteiger partial charge is 0.337 e. The lowest BCUT2D eigenvalue weighted by Gasteiger charge is -2.35. The fraction of sp³-hybridized carbons (Fsp3) is 0.500. The number of imidazole rings is 1. The number of piperazine rings is 1. The van der Waals surface area contributed by atoms with Crippen LogP contribution < -0.4 is 10.6 Å². The average Bonchev–Trinajstić information content (AvgIpc) is 3.08. The van der Waals surface area contributed by atoms with Gasteiger partial charge in [0.05, 0.1) is 12.6 Å². The van der Waals surface area contributed by atoms with Crippen LogP contribution in [0.1, 0.15) is 43.6 Å². The van der Waals surface area contributed by atoms with E-state index in [9.17, 15) is 4.79 Å². The van der Waals surface area contributed by atoms with Crippen molar-refractivity contribution in [1.29, 1.82) is 0 Å². The van der Waals surface area contributed by atoms with E-state index in [1.54, 1.807) is 6.20 Å². The van der Waals surface area contributed by atoms with E-state index in [2.05, 4.69) is 46.5 Å². The van der Waals surface area contributed by atoms with Crippen molar-refractivity contribution in [2.75, 3.05) is 31.5 Å². The molecule has 1 saturated heterocycles. The van der Waals surface area contributed by atoms with Crippen molar-refractivity contribution in [3.05, 3.63) is 48.0 Å². The van der Waals surface area contributed by atoms with Gasteiger partial charge in [-0.15, -0.1) is 12.4 Å². The highest BCUT2D eigenvalue weighted by Gasteiger charge is 2.28. The normalized spacial score (nSPS) is 18.6. The molecule has 1 aromatic heterocycles. The number of benzene rings is 1. The fourth-order valence-electron chi connectivity index (χ4n) is 3.40. The third kappa shape index (κ3) is 5.31. The van der Waals surface area contributed by atoms with E-state index in [0.29, 0.717) is 12.5 Å². The first-order valence-corrected chi connectivity index (χ1v) is 9.40. The van der Waals surface area contributed by atoms with E-state index < -0.39 is 0 Å². The number of anilines is 1. The molecule has 1 aromatic carbocycles. The van der Waals surface area contributed by atoms with E-state index in [0.717, 1.165) is 37.6 Å². The van der Waals surface area contributed by atoms with Crippen molar-refractivity contribution >= 4 is 24.0 Å². The number of aryl methyl sites for hydroxylation is 1. The maximum Gasteiger partial charge on any atom is 0.238 e. The van der Waals surface area contributed by atoms with Gasteiger partial charge in [-0.2, -0.15) is 0 Å². The number of carbonyl (C=O) groups is 1. The van der Waals surface area contributed by atoms with Gasteiger partial charge < -0.3 is 15.2 Å². The molecule has 0 aliphatic carbocycles. The van der Waals surface area contributed by atoms with Crippen molar-refractivity contribution in [3.8, 4) is 0 Å². The Hall–Kier alpha value is -1.89. The molecule has 0 bridgehead atoms. The predicted molar refractivity (Wildman–Crippen MR) is 111 cm³/mol. The van der Waals surface area contributed by atoms with Crippen LogP contribution in [0.15, 0.2) is 36.7 Å². The number of nitrogens with one attached hydrogen (secondary N) is 2. The third-order valence-corrected chi connectivity index (χ3v) is 5.23. The van der Waals surface area contributed by atoms with Crippen molar-refractivity contribution in [2.45, 2.75) is 32.2 Å². The molecule has 1 aliphatic heterocycles. The van der Waals surface area contributed by atoms with Crippen LogP contribution in [0, 0.1) is 0 Å². The van der Waals surface area contributed by atoms with Gasteiger partial charge >= 0.3 is 0 Å². The van der Waals surface area contributed by atoms with Crippen LogP contribution in [-0.4, -0.2) is 46.5 Å². The highest BCUT2D eigenvalue weighted by Crippen LogP contribution is 2.22. The van der Waals surface area contributed by atoms with Crippen LogP contribution in [0.5, 0.6) is 0 Å². The van der Waals surface area contributed by atoms with Gasteiger partial charge in [-0.3, -0.25) is 9.69 Å². The summed E-state index contributed by atoms with van der Waals surface area (Å²) in [5.74, 6) is 1.55. The van der Waals surface area contributed by atoms with Gasteiger partial charge in [-0.1, -0.05) is 26.0 Å². The Labute approximate surface area is 167 Å². The lowest BCUT2D eigenvalue weighted by Crippen LogP contribution is -2.49. The molecule has 6 nitrogen and oxygen atoms in total. The first-order chi connectivity index (χ1) is 12.6. The van der Waals surface area contributed by atoms with Gasteiger partial charge in [0.25, 0.3) is 0 Å². The molecule has 7 heteroatoms.